The number of rotatable bonds is 70. The Morgan fingerprint density at radius 3 is 1.19 bits per heavy atom. The summed E-state index contributed by atoms with van der Waals surface area (Å²) in [5.74, 6) is -27.2. The summed E-state index contributed by atoms with van der Waals surface area (Å²) in [5, 5.41) is 112. The number of carbonyl (C=O) groups excluding carboxylic acids is 18. The summed E-state index contributed by atoms with van der Waals surface area (Å²) in [6, 6.07) is -12.4. The largest absolute Gasteiger partial charge is 0.481 e. The van der Waals surface area contributed by atoms with E-state index in [4.69, 9.17) is 28.0 Å². The summed E-state index contributed by atoms with van der Waals surface area (Å²) in [4.78, 5) is 305. The first kappa shape index (κ1) is 125. The van der Waals surface area contributed by atoms with E-state index in [1.807, 2.05) is 5.32 Å². The Kier molecular flexibility index (Phi) is 56.1. The summed E-state index contributed by atoms with van der Waals surface area (Å²) in [6.07, 6.45) is -5.21. The van der Waals surface area contributed by atoms with Crippen molar-refractivity contribution in [3.05, 3.63) is 71.9 Å². The van der Waals surface area contributed by atoms with E-state index in [1.165, 1.54) is 31.8 Å². The number of H-pyrrole nitrogens is 1. The molecule has 3 aromatic rings. The Bertz CT molecular complexity index is 4840. The number of carboxylic acid groups (broad SMARTS) is 4. The van der Waals surface area contributed by atoms with Crippen LogP contribution < -0.4 is 113 Å². The number of hydrogen-bond acceptors (Lipinski definition) is 29. The van der Waals surface area contributed by atoms with Crippen LogP contribution in [0.5, 0.6) is 0 Å². The molecular weight excluding hydrogens is 1910 g/mol. The van der Waals surface area contributed by atoms with Crippen LogP contribution in [0, 0.1) is 17.8 Å². The van der Waals surface area contributed by atoms with Gasteiger partial charge in [0.05, 0.1) is 31.8 Å². The Morgan fingerprint density at radius 2 is 0.750 bits per heavy atom. The molecule has 52 heteroatoms. The van der Waals surface area contributed by atoms with Gasteiger partial charge in [0.25, 0.3) is 0 Å². The molecule has 2 aromatic carbocycles. The van der Waals surface area contributed by atoms with Gasteiger partial charge in [-0.3, -0.25) is 105 Å². The number of hydrogen-bond donors (Lipinski definition) is 29. The molecule has 33 N–H and O–H groups in total. The highest BCUT2D eigenvalue weighted by atomic mass is 32.2. The van der Waals surface area contributed by atoms with Crippen molar-refractivity contribution in [1.29, 1.82) is 0 Å². The molecule has 0 saturated heterocycles. The van der Waals surface area contributed by atoms with Crippen molar-refractivity contribution in [3.8, 4) is 0 Å². The second kappa shape index (κ2) is 64.9. The number of aromatic amines is 1. The Morgan fingerprint density at radius 1 is 0.375 bits per heavy atom. The smallest absolute Gasteiger partial charge is 0.322 e. The molecular formula is C92H144N22O29S. The third-order valence-corrected chi connectivity index (χ3v) is 23.8. The first-order valence-electron chi connectivity index (χ1n) is 47.4. The number of aliphatic hydroxyl groups is 3. The maximum Gasteiger partial charge on any atom is 0.322 e. The summed E-state index contributed by atoms with van der Waals surface area (Å²) < 4.78 is 0. The molecule has 1 heterocycles. The third-order valence-electron chi connectivity index (χ3n) is 23.2. The normalized spacial score (nSPS) is 15.4. The molecule has 20 atom stereocenters. The van der Waals surface area contributed by atoms with E-state index in [0.29, 0.717) is 34.9 Å². The maximum absolute atomic E-state index is 14.9. The van der Waals surface area contributed by atoms with E-state index in [2.05, 4.69) is 90.1 Å². The average molecular weight is 2050 g/mol. The van der Waals surface area contributed by atoms with Crippen LogP contribution >= 0.6 is 11.8 Å². The molecule has 0 aliphatic rings. The van der Waals surface area contributed by atoms with Gasteiger partial charge >= 0.3 is 23.9 Å². The monoisotopic (exact) mass is 2050 g/mol. The molecule has 0 radical (unpaired) electrons. The lowest BCUT2D eigenvalue weighted by molar-refractivity contribution is -0.141. The Labute approximate surface area is 836 Å². The van der Waals surface area contributed by atoms with Crippen molar-refractivity contribution in [3.63, 3.8) is 0 Å². The molecule has 144 heavy (non-hydrogen) atoms. The van der Waals surface area contributed by atoms with E-state index in [1.54, 1.807) is 95.5 Å². The zero-order valence-corrected chi connectivity index (χ0v) is 83.2. The van der Waals surface area contributed by atoms with Gasteiger partial charge in [-0.05, 0) is 151 Å². The topological polar surface area (TPSA) is 842 Å². The average Bonchev–Trinajstić information content (AvgIpc) is 1.71. The van der Waals surface area contributed by atoms with Crippen molar-refractivity contribution < 1.29 is 141 Å². The van der Waals surface area contributed by atoms with Crippen LogP contribution in [-0.4, -0.2) is 325 Å². The number of aromatic nitrogens is 1. The van der Waals surface area contributed by atoms with Gasteiger partial charge in [-0.1, -0.05) is 103 Å². The number of thioether (sulfide) groups is 1. The molecule has 0 spiro atoms. The van der Waals surface area contributed by atoms with Crippen LogP contribution in [-0.2, 0) is 118 Å². The van der Waals surface area contributed by atoms with Gasteiger partial charge in [0.2, 0.25) is 106 Å². The third kappa shape index (κ3) is 44.5. The van der Waals surface area contributed by atoms with Crippen molar-refractivity contribution in [2.75, 3.05) is 44.8 Å². The van der Waals surface area contributed by atoms with E-state index >= 15 is 0 Å². The summed E-state index contributed by atoms with van der Waals surface area (Å²) in [7, 11) is 0. The number of nitrogens with one attached hydrogen (secondary N) is 18. The first-order chi connectivity index (χ1) is 68.0. The number of carboxylic acids is 4. The Balaban J connectivity index is 1.99. The fourth-order valence-electron chi connectivity index (χ4n) is 14.6. The molecule has 0 saturated carbocycles. The fourth-order valence-corrected chi connectivity index (χ4v) is 15.1. The number of para-hydroxylation sites is 1. The van der Waals surface area contributed by atoms with Gasteiger partial charge in [-0.25, -0.2) is 0 Å². The number of carbonyl (C=O) groups is 22. The van der Waals surface area contributed by atoms with Crippen LogP contribution in [0.1, 0.15) is 183 Å². The number of benzene rings is 2. The number of fused-ring (bicyclic) bond motifs is 1. The lowest BCUT2D eigenvalue weighted by Gasteiger charge is -2.30. The summed E-state index contributed by atoms with van der Waals surface area (Å²) in [5.41, 5.74) is 23.9. The molecule has 0 aliphatic heterocycles. The van der Waals surface area contributed by atoms with Gasteiger partial charge in [0.15, 0.2) is 0 Å². The zero-order chi connectivity index (χ0) is 108. The highest BCUT2D eigenvalue weighted by Gasteiger charge is 2.42. The zero-order valence-electron chi connectivity index (χ0n) is 82.4. The van der Waals surface area contributed by atoms with E-state index in [9.17, 15) is 136 Å². The molecule has 51 nitrogen and oxygen atoms in total. The number of unbranched alkanes of at least 4 members (excludes halogenated alkanes) is 2. The van der Waals surface area contributed by atoms with Crippen molar-refractivity contribution in [2.24, 2.45) is 40.7 Å². The number of aliphatic carboxylic acids is 4. The predicted octanol–water partition coefficient (Wildman–Crippen LogP) is -6.74. The van der Waals surface area contributed by atoms with Gasteiger partial charge in [-0.2, -0.15) is 11.8 Å². The lowest BCUT2D eigenvalue weighted by Crippen LogP contribution is -2.62. The number of aliphatic hydroxyl groups excluding tert-OH is 3. The quantitative estimate of drug-likeness (QED) is 0.0234. The van der Waals surface area contributed by atoms with Gasteiger partial charge in [0, 0.05) is 49.2 Å². The SMILES string of the molecule is CC[C@H](C)[C@H](NC(=O)[C@H](CCCCN)NC(=O)[C@H](CCSC)NC(=O)[C@H](C)NC(=O)[C@H](CCC(=O)O)NC(=O)[C@H](Cc1ccccc1)NC(=O)[C@@H](NC(=O)[C@H](CCC(=O)O)NC(=O)[C@@H](NC(=O)[C@H](CC(C)C)NC(=O)[C@H](CCCCN)NC(=O)[C@H](CC(=O)O)NC(=O)CN)[C@@H](C)O)[C@@H](C)CC)C(=O)N[C@@H](CCC(N)=O)C(=O)N[C@@H](Cc1c[nH]c2ccccc12)C(=O)N[C@H](C(=O)N[C@@H](CO)C(=O)NCC(=O)O)[C@@H](C)O. The molecule has 18 amide bonds. The predicted molar refractivity (Wildman–Crippen MR) is 520 cm³/mol. The van der Waals surface area contributed by atoms with Crippen molar-refractivity contribution in [1.82, 2.24) is 95.4 Å². The van der Waals surface area contributed by atoms with Crippen molar-refractivity contribution >= 4 is 153 Å². The van der Waals surface area contributed by atoms with Crippen molar-refractivity contribution in [2.45, 2.75) is 293 Å². The standard InChI is InChI=1S/C92H144N22O29S/c1-11-47(5)73(89(140)105-58(28-31-67(96)118)81(132)108-64(40-53-43-97-55-25-17-16-24-54(53)55)88(139)114-76(51(9)117)92(143)110-66(45-115)78(129)98-44-72(126)127)111-83(134)57(27-19-21-36-94)102-82(133)61(34-37-144-10)101-77(128)49(7)99-79(130)59(29-32-69(120)121)104-85(136)63(39-52-22-14-13-15-23-52)109-90(141)74(48(6)12-2)112-84(135)60(30-33-70(122)123)106-91(142)75(50(8)116)113-87(138)62(38-46(3)4)107-80(131)56(26-18-20-35-93)103-86(137)65(41-71(124)125)100-68(119)42-95/h13-17,22-25,43,46-51,56-66,73-76,97,115-117H,11-12,18-21,26-42,44-45,93-95H2,1-10H3,(H2,96,118)(H,98,129)(H,99,130)(H,100,119)(H,101,128)(H,102,133)(H,103,137)(H,104,136)(H,105,140)(H,106,142)(H,107,131)(H,108,132)(H,109,141)(H,110,143)(H,111,134)(H,112,135)(H,113,138)(H,114,139)(H,120,121)(H,122,123)(H,124,125)(H,126,127)/t47-,48-,49-,50+,51+,56-,57-,58-,59-,60-,61-,62-,63-,64-,65-,66-,73-,74-,75-,76-/m0/s1. The first-order valence-corrected chi connectivity index (χ1v) is 48.8. The van der Waals surface area contributed by atoms with Gasteiger partial charge < -0.3 is 154 Å². The molecule has 3 rings (SSSR count). The molecule has 1 aromatic heterocycles. The molecule has 0 fully saturated rings. The van der Waals surface area contributed by atoms with Crippen LogP contribution in [0.25, 0.3) is 10.9 Å². The minimum absolute atomic E-state index is 0.110. The molecule has 0 aliphatic carbocycles. The summed E-state index contributed by atoms with van der Waals surface area (Å²) in [6.45, 7) is 10.7. The van der Waals surface area contributed by atoms with E-state index in [0.717, 1.165) is 13.8 Å². The minimum atomic E-state index is -1.98. The number of primary amides is 1. The highest BCUT2D eigenvalue weighted by Crippen LogP contribution is 2.22. The lowest BCUT2D eigenvalue weighted by atomic mass is 9.96. The highest BCUT2D eigenvalue weighted by molar-refractivity contribution is 7.98. The van der Waals surface area contributed by atoms with Crippen LogP contribution in [0.15, 0.2) is 60.8 Å². The second-order valence-corrected chi connectivity index (χ2v) is 36.3. The fraction of sp³-hybridized carbons (Fsp3) is 0.609. The van der Waals surface area contributed by atoms with Crippen LogP contribution in [0.2, 0.25) is 0 Å². The van der Waals surface area contributed by atoms with E-state index in [-0.39, 0.29) is 89.0 Å². The minimum Gasteiger partial charge on any atom is -0.481 e. The molecule has 0 unspecified atom stereocenters. The van der Waals surface area contributed by atoms with Crippen LogP contribution in [0.4, 0.5) is 0 Å². The Hall–Kier alpha value is -13.6. The molecule has 0 bridgehead atoms. The van der Waals surface area contributed by atoms with Gasteiger partial charge in [0.1, 0.15) is 103 Å². The second-order valence-electron chi connectivity index (χ2n) is 35.4. The number of amides is 18. The summed E-state index contributed by atoms with van der Waals surface area (Å²) >= 11 is 1.24. The molecule has 802 valence electrons. The van der Waals surface area contributed by atoms with Gasteiger partial charge in [-0.15, -0.1) is 0 Å². The maximum atomic E-state index is 14.9. The van der Waals surface area contributed by atoms with Crippen LogP contribution in [0.3, 0.4) is 0 Å². The number of nitrogens with two attached hydrogens (primary N) is 4. The van der Waals surface area contributed by atoms with E-state index < -0.39 is 316 Å².